The van der Waals surface area contributed by atoms with Crippen LogP contribution in [-0.4, -0.2) is 54.0 Å². The predicted molar refractivity (Wildman–Crippen MR) is 86.2 cm³/mol. The first kappa shape index (κ1) is 16.4. The van der Waals surface area contributed by atoms with Crippen molar-refractivity contribution in [3.8, 4) is 0 Å². The first-order chi connectivity index (χ1) is 12.6. The number of carbonyl (C=O) groups is 1. The first-order valence-electron chi connectivity index (χ1n) is 7.81. The summed E-state index contributed by atoms with van der Waals surface area (Å²) in [5.74, 6) is 0.152. The zero-order valence-electron chi connectivity index (χ0n) is 13.4. The minimum Gasteiger partial charge on any atom is -0.467 e. The van der Waals surface area contributed by atoms with Gasteiger partial charge in [-0.05, 0) is 12.1 Å². The highest BCUT2D eigenvalue weighted by atomic mass is 16.6. The summed E-state index contributed by atoms with van der Waals surface area (Å²) in [6.45, 7) is 0.136. The third-order valence-electron chi connectivity index (χ3n) is 4.17. The number of furan rings is 1. The summed E-state index contributed by atoms with van der Waals surface area (Å²) in [6, 6.07) is 3.39. The lowest BCUT2D eigenvalue weighted by Gasteiger charge is -2.16. The smallest absolute Gasteiger partial charge is 0.252 e. The minimum atomic E-state index is -1.42. The van der Waals surface area contributed by atoms with Crippen molar-refractivity contribution in [2.24, 2.45) is 0 Å². The quantitative estimate of drug-likeness (QED) is 0.454. The third kappa shape index (κ3) is 2.67. The van der Waals surface area contributed by atoms with E-state index in [1.165, 1.54) is 23.5 Å². The van der Waals surface area contributed by atoms with Gasteiger partial charge in [-0.3, -0.25) is 9.36 Å². The Bertz CT molecular complexity index is 926. The predicted octanol–water partition coefficient (Wildman–Crippen LogP) is -1.06. The van der Waals surface area contributed by atoms with Crippen molar-refractivity contribution in [3.63, 3.8) is 0 Å². The zero-order chi connectivity index (χ0) is 18.3. The third-order valence-corrected chi connectivity index (χ3v) is 4.17. The van der Waals surface area contributed by atoms with Crippen LogP contribution < -0.4 is 11.1 Å². The van der Waals surface area contributed by atoms with Gasteiger partial charge in [0, 0.05) is 0 Å². The average Bonchev–Trinajstić information content (AvgIpc) is 3.35. The summed E-state index contributed by atoms with van der Waals surface area (Å²) in [5.41, 5.74) is 6.40. The molecule has 0 aliphatic carbocycles. The second kappa shape index (κ2) is 6.37. The van der Waals surface area contributed by atoms with Crippen LogP contribution in [0.25, 0.3) is 11.2 Å². The van der Waals surface area contributed by atoms with E-state index in [1.54, 1.807) is 12.1 Å². The van der Waals surface area contributed by atoms with Gasteiger partial charge in [0.05, 0.1) is 19.1 Å². The summed E-state index contributed by atoms with van der Waals surface area (Å²) in [7, 11) is 0. The molecule has 4 rings (SSSR count). The maximum Gasteiger partial charge on any atom is 0.252 e. The van der Waals surface area contributed by atoms with Crippen LogP contribution in [0.2, 0.25) is 0 Å². The van der Waals surface area contributed by atoms with Gasteiger partial charge in [0.25, 0.3) is 5.91 Å². The number of amides is 1. The molecule has 0 aromatic carbocycles. The largest absolute Gasteiger partial charge is 0.467 e. The molecular weight excluding hydrogens is 344 g/mol. The maximum absolute atomic E-state index is 12.3. The molecule has 0 saturated carbocycles. The highest BCUT2D eigenvalue weighted by Crippen LogP contribution is 2.32. The normalized spacial score (nSPS) is 25.6. The van der Waals surface area contributed by atoms with Crippen LogP contribution in [0.4, 0.5) is 5.82 Å². The Balaban J connectivity index is 1.53. The zero-order valence-corrected chi connectivity index (χ0v) is 13.4. The van der Waals surface area contributed by atoms with Crippen molar-refractivity contribution < 1.29 is 24.2 Å². The SMILES string of the molecule is Nc1ncnc2c1ncn2C1O[C@H](C(=O)NCc2ccco2)[C@@H](O)[C@H]1O. The number of fused-ring (bicyclic) bond motifs is 1. The van der Waals surface area contributed by atoms with Crippen LogP contribution in [-0.2, 0) is 16.1 Å². The summed E-state index contributed by atoms with van der Waals surface area (Å²) in [5, 5.41) is 23.2. The van der Waals surface area contributed by atoms with E-state index < -0.39 is 30.4 Å². The number of hydrogen-bond acceptors (Lipinski definition) is 9. The molecule has 1 aliphatic rings. The number of nitrogens with zero attached hydrogens (tertiary/aromatic N) is 4. The molecule has 4 heterocycles. The van der Waals surface area contributed by atoms with Gasteiger partial charge in [-0.15, -0.1) is 0 Å². The van der Waals surface area contributed by atoms with E-state index >= 15 is 0 Å². The minimum absolute atomic E-state index is 0.136. The Kier molecular flexibility index (Phi) is 4.03. The fraction of sp³-hybridized carbons (Fsp3) is 0.333. The number of anilines is 1. The number of nitrogens with one attached hydrogen (secondary N) is 1. The summed E-state index contributed by atoms with van der Waals surface area (Å²) in [6.07, 6.45) is -0.998. The lowest BCUT2D eigenvalue weighted by molar-refractivity contribution is -0.137. The van der Waals surface area contributed by atoms with E-state index in [1.807, 2.05) is 0 Å². The number of aromatic nitrogens is 4. The Hall–Kier alpha value is -3.02. The lowest BCUT2D eigenvalue weighted by Crippen LogP contribution is -2.42. The average molecular weight is 360 g/mol. The molecule has 5 N–H and O–H groups in total. The molecule has 4 atom stereocenters. The molecule has 1 aliphatic heterocycles. The molecule has 1 unspecified atom stereocenters. The van der Waals surface area contributed by atoms with Gasteiger partial charge < -0.3 is 30.4 Å². The number of aliphatic hydroxyl groups is 2. The molecule has 0 spiro atoms. The Morgan fingerprint density at radius 3 is 2.92 bits per heavy atom. The van der Waals surface area contributed by atoms with Crippen LogP contribution in [0, 0.1) is 0 Å². The molecule has 11 heteroatoms. The van der Waals surface area contributed by atoms with Crippen molar-refractivity contribution in [1.82, 2.24) is 24.8 Å². The summed E-state index contributed by atoms with van der Waals surface area (Å²) in [4.78, 5) is 24.3. The highest BCUT2D eigenvalue weighted by Gasteiger charge is 2.47. The molecule has 3 aromatic heterocycles. The number of ether oxygens (including phenoxy) is 1. The van der Waals surface area contributed by atoms with Crippen LogP contribution in [0.3, 0.4) is 0 Å². The molecule has 1 amide bonds. The number of carbonyl (C=O) groups excluding carboxylic acids is 1. The van der Waals surface area contributed by atoms with Gasteiger partial charge in [0.15, 0.2) is 23.8 Å². The van der Waals surface area contributed by atoms with Gasteiger partial charge in [-0.25, -0.2) is 15.0 Å². The van der Waals surface area contributed by atoms with Crippen molar-refractivity contribution in [2.45, 2.75) is 31.1 Å². The first-order valence-corrected chi connectivity index (χ1v) is 7.81. The number of aliphatic hydroxyl groups excluding tert-OH is 2. The summed E-state index contributed by atoms with van der Waals surface area (Å²) < 4.78 is 12.1. The van der Waals surface area contributed by atoms with Crippen molar-refractivity contribution >= 4 is 22.9 Å². The van der Waals surface area contributed by atoms with Gasteiger partial charge in [-0.2, -0.15) is 0 Å². The topological polar surface area (TPSA) is 162 Å². The van der Waals surface area contributed by atoms with Crippen molar-refractivity contribution in [1.29, 1.82) is 0 Å². The van der Waals surface area contributed by atoms with Crippen molar-refractivity contribution in [3.05, 3.63) is 36.8 Å². The summed E-state index contributed by atoms with van der Waals surface area (Å²) >= 11 is 0. The standard InChI is InChI=1S/C15H16N6O5/c16-12-8-13(19-5-18-12)21(6-20-8)15-10(23)9(22)11(26-15)14(24)17-4-7-2-1-3-25-7/h1-3,5-6,9-11,15,22-23H,4H2,(H,17,24)(H2,16,18,19)/t9-,10+,11-,15?/m0/s1. The fourth-order valence-electron chi connectivity index (χ4n) is 2.85. The fourth-order valence-corrected chi connectivity index (χ4v) is 2.85. The van der Waals surface area contributed by atoms with E-state index in [-0.39, 0.29) is 12.4 Å². The highest BCUT2D eigenvalue weighted by molar-refractivity contribution is 5.82. The molecule has 0 radical (unpaired) electrons. The van der Waals surface area contributed by atoms with Crippen LogP contribution >= 0.6 is 0 Å². The molecule has 1 fully saturated rings. The van der Waals surface area contributed by atoms with Crippen LogP contribution in [0.15, 0.2) is 35.5 Å². The molecule has 0 bridgehead atoms. The number of imidazole rings is 1. The van der Waals surface area contributed by atoms with Gasteiger partial charge in [-0.1, -0.05) is 0 Å². The maximum atomic E-state index is 12.3. The number of nitrogen functional groups attached to an aromatic ring is 1. The molecule has 1 saturated heterocycles. The monoisotopic (exact) mass is 360 g/mol. The second-order valence-corrected chi connectivity index (χ2v) is 5.81. The van der Waals surface area contributed by atoms with E-state index in [0.717, 1.165) is 0 Å². The molecule has 26 heavy (non-hydrogen) atoms. The molecular formula is C15H16N6O5. The Labute approximate surface area is 146 Å². The van der Waals surface area contributed by atoms with E-state index in [4.69, 9.17) is 14.9 Å². The lowest BCUT2D eigenvalue weighted by atomic mass is 10.1. The van der Waals surface area contributed by atoms with Gasteiger partial charge in [0.1, 0.15) is 29.8 Å². The molecule has 136 valence electrons. The van der Waals surface area contributed by atoms with E-state index in [9.17, 15) is 15.0 Å². The van der Waals surface area contributed by atoms with Crippen molar-refractivity contribution in [2.75, 3.05) is 5.73 Å². The van der Waals surface area contributed by atoms with Gasteiger partial charge >= 0.3 is 0 Å². The van der Waals surface area contributed by atoms with E-state index in [0.29, 0.717) is 16.9 Å². The number of rotatable bonds is 4. The second-order valence-electron chi connectivity index (χ2n) is 5.81. The molecule has 3 aromatic rings. The van der Waals surface area contributed by atoms with Crippen LogP contribution in [0.5, 0.6) is 0 Å². The number of hydrogen-bond donors (Lipinski definition) is 4. The van der Waals surface area contributed by atoms with Gasteiger partial charge in [0.2, 0.25) is 0 Å². The van der Waals surface area contributed by atoms with Crippen LogP contribution in [0.1, 0.15) is 12.0 Å². The molecule has 11 nitrogen and oxygen atoms in total. The Morgan fingerprint density at radius 1 is 1.31 bits per heavy atom. The van der Waals surface area contributed by atoms with E-state index in [2.05, 4.69) is 20.3 Å². The number of nitrogens with two attached hydrogens (primary N) is 1. The Morgan fingerprint density at radius 2 is 2.15 bits per heavy atom.